The van der Waals surface area contributed by atoms with Crippen LogP contribution in [0.5, 0.6) is 0 Å². The van der Waals surface area contributed by atoms with Gasteiger partial charge in [-0.3, -0.25) is 9.59 Å². The maximum atomic E-state index is 12.3. The van der Waals surface area contributed by atoms with Crippen LogP contribution >= 0.6 is 0 Å². The lowest BCUT2D eigenvalue weighted by atomic mass is 10.1. The molecule has 1 unspecified atom stereocenters. The molecule has 114 valence electrons. The fraction of sp³-hybridized carbons (Fsp3) is 0.429. The first kappa shape index (κ1) is 15.5. The van der Waals surface area contributed by atoms with Crippen molar-refractivity contribution in [2.45, 2.75) is 19.4 Å². The second kappa shape index (κ2) is 5.85. The van der Waals surface area contributed by atoms with E-state index in [2.05, 4.69) is 5.32 Å². The van der Waals surface area contributed by atoms with E-state index in [1.807, 2.05) is 0 Å². The Morgan fingerprint density at radius 1 is 1.24 bits per heavy atom. The summed E-state index contributed by atoms with van der Waals surface area (Å²) in [6.45, 7) is 1.41. The average molecular weight is 310 g/mol. The highest BCUT2D eigenvalue weighted by Crippen LogP contribution is 2.19. The van der Waals surface area contributed by atoms with Gasteiger partial charge in [0, 0.05) is 31.3 Å². The summed E-state index contributed by atoms with van der Waals surface area (Å²) in [5.41, 5.74) is 1.08. The Morgan fingerprint density at radius 3 is 2.33 bits per heavy atom. The van der Waals surface area contributed by atoms with Gasteiger partial charge in [0.25, 0.3) is 5.91 Å². The van der Waals surface area contributed by atoms with Crippen molar-refractivity contribution in [3.05, 3.63) is 29.8 Å². The molecule has 2 rings (SSSR count). The Hall–Kier alpha value is -1.89. The standard InChI is InChI=1S/C14H18N2O4S/c1-10(17)15-12-5-3-11(4-6-12)14(18)16(2)13-7-8-21(19,20)9-13/h3-6,13H,7-9H2,1-2H3,(H,15,17). The van der Waals surface area contributed by atoms with E-state index in [-0.39, 0.29) is 29.4 Å². The molecule has 0 radical (unpaired) electrons. The number of amides is 2. The van der Waals surface area contributed by atoms with Gasteiger partial charge in [-0.25, -0.2) is 8.42 Å². The van der Waals surface area contributed by atoms with Crippen molar-refractivity contribution in [2.75, 3.05) is 23.9 Å². The number of hydrogen-bond acceptors (Lipinski definition) is 4. The number of carbonyl (C=O) groups excluding carboxylic acids is 2. The number of benzene rings is 1. The molecule has 0 bridgehead atoms. The molecule has 0 saturated carbocycles. The van der Waals surface area contributed by atoms with E-state index in [0.717, 1.165) is 0 Å². The average Bonchev–Trinajstić information content (AvgIpc) is 2.77. The molecule has 1 aliphatic rings. The summed E-state index contributed by atoms with van der Waals surface area (Å²) in [5, 5.41) is 2.62. The Bertz CT molecular complexity index is 652. The van der Waals surface area contributed by atoms with Gasteiger partial charge in [-0.1, -0.05) is 0 Å². The molecule has 2 amide bonds. The van der Waals surface area contributed by atoms with Gasteiger partial charge >= 0.3 is 0 Å². The van der Waals surface area contributed by atoms with E-state index in [1.54, 1.807) is 31.3 Å². The maximum Gasteiger partial charge on any atom is 0.253 e. The predicted molar refractivity (Wildman–Crippen MR) is 79.9 cm³/mol. The highest BCUT2D eigenvalue weighted by molar-refractivity contribution is 7.91. The summed E-state index contributed by atoms with van der Waals surface area (Å²) in [7, 11) is -1.40. The highest BCUT2D eigenvalue weighted by atomic mass is 32.2. The first-order valence-electron chi connectivity index (χ1n) is 6.64. The molecule has 1 aromatic carbocycles. The van der Waals surface area contributed by atoms with Gasteiger partial charge in [-0.15, -0.1) is 0 Å². The smallest absolute Gasteiger partial charge is 0.253 e. The Labute approximate surface area is 124 Å². The number of nitrogens with zero attached hydrogens (tertiary/aromatic N) is 1. The Balaban J connectivity index is 2.07. The molecular weight excluding hydrogens is 292 g/mol. The molecule has 1 atom stereocenters. The summed E-state index contributed by atoms with van der Waals surface area (Å²) in [4.78, 5) is 24.7. The quantitative estimate of drug-likeness (QED) is 0.899. The number of hydrogen-bond donors (Lipinski definition) is 1. The number of nitrogens with one attached hydrogen (secondary N) is 1. The molecule has 1 heterocycles. The third-order valence-electron chi connectivity index (χ3n) is 3.53. The van der Waals surface area contributed by atoms with Crippen LogP contribution in [0, 0.1) is 0 Å². The fourth-order valence-corrected chi connectivity index (χ4v) is 4.12. The Morgan fingerprint density at radius 2 is 1.86 bits per heavy atom. The van der Waals surface area contributed by atoms with Crippen LogP contribution in [0.25, 0.3) is 0 Å². The zero-order valence-corrected chi connectivity index (χ0v) is 12.8. The first-order chi connectivity index (χ1) is 9.78. The third kappa shape index (κ3) is 3.81. The van der Waals surface area contributed by atoms with Crippen LogP contribution in [-0.4, -0.2) is 49.7 Å². The molecule has 1 aliphatic heterocycles. The molecule has 1 aromatic rings. The lowest BCUT2D eigenvalue weighted by molar-refractivity contribution is -0.114. The molecule has 21 heavy (non-hydrogen) atoms. The summed E-state index contributed by atoms with van der Waals surface area (Å²) in [5.74, 6) is -0.232. The van der Waals surface area contributed by atoms with Crippen molar-refractivity contribution in [3.8, 4) is 0 Å². The van der Waals surface area contributed by atoms with Gasteiger partial charge < -0.3 is 10.2 Å². The van der Waals surface area contributed by atoms with E-state index in [9.17, 15) is 18.0 Å². The second-order valence-electron chi connectivity index (χ2n) is 5.23. The van der Waals surface area contributed by atoms with Crippen LogP contribution in [0.15, 0.2) is 24.3 Å². The summed E-state index contributed by atoms with van der Waals surface area (Å²) in [6.07, 6.45) is 0.481. The lowest BCUT2D eigenvalue weighted by Crippen LogP contribution is -2.37. The fourth-order valence-electron chi connectivity index (χ4n) is 2.35. The summed E-state index contributed by atoms with van der Waals surface area (Å²) >= 11 is 0. The monoisotopic (exact) mass is 310 g/mol. The largest absolute Gasteiger partial charge is 0.338 e. The minimum Gasteiger partial charge on any atom is -0.338 e. The van der Waals surface area contributed by atoms with Crippen molar-refractivity contribution >= 4 is 27.3 Å². The van der Waals surface area contributed by atoms with Crippen LogP contribution in [0.3, 0.4) is 0 Å². The lowest BCUT2D eigenvalue weighted by Gasteiger charge is -2.23. The minimum absolute atomic E-state index is 0.0270. The first-order valence-corrected chi connectivity index (χ1v) is 8.46. The molecule has 1 saturated heterocycles. The van der Waals surface area contributed by atoms with Crippen molar-refractivity contribution in [2.24, 2.45) is 0 Å². The molecule has 0 spiro atoms. The van der Waals surface area contributed by atoms with Gasteiger partial charge in [0.05, 0.1) is 11.5 Å². The van der Waals surface area contributed by atoms with E-state index >= 15 is 0 Å². The highest BCUT2D eigenvalue weighted by Gasteiger charge is 2.32. The molecule has 6 nitrogen and oxygen atoms in total. The number of rotatable bonds is 3. The van der Waals surface area contributed by atoms with E-state index in [4.69, 9.17) is 0 Å². The van der Waals surface area contributed by atoms with Crippen LogP contribution in [0.4, 0.5) is 5.69 Å². The normalized spacial score (nSPS) is 20.0. The minimum atomic E-state index is -3.02. The SMILES string of the molecule is CC(=O)Nc1ccc(C(=O)N(C)C2CCS(=O)(=O)C2)cc1. The zero-order chi connectivity index (χ0) is 15.6. The maximum absolute atomic E-state index is 12.3. The van der Waals surface area contributed by atoms with Crippen LogP contribution < -0.4 is 5.32 Å². The molecule has 1 N–H and O–H groups in total. The summed E-state index contributed by atoms with van der Waals surface area (Å²) in [6, 6.07) is 6.26. The molecular formula is C14H18N2O4S. The number of anilines is 1. The van der Waals surface area contributed by atoms with Crippen molar-refractivity contribution in [1.82, 2.24) is 4.90 Å². The zero-order valence-electron chi connectivity index (χ0n) is 12.0. The number of carbonyl (C=O) groups is 2. The van der Waals surface area contributed by atoms with Crippen molar-refractivity contribution < 1.29 is 18.0 Å². The molecule has 0 aliphatic carbocycles. The van der Waals surface area contributed by atoms with Gasteiger partial charge in [0.15, 0.2) is 9.84 Å². The van der Waals surface area contributed by atoms with E-state index in [0.29, 0.717) is 17.7 Å². The van der Waals surface area contributed by atoms with Crippen molar-refractivity contribution in [1.29, 1.82) is 0 Å². The van der Waals surface area contributed by atoms with Crippen LogP contribution in [0.2, 0.25) is 0 Å². The molecule has 0 aromatic heterocycles. The number of sulfone groups is 1. The van der Waals surface area contributed by atoms with E-state index < -0.39 is 9.84 Å². The van der Waals surface area contributed by atoms with Crippen LogP contribution in [0.1, 0.15) is 23.7 Å². The third-order valence-corrected chi connectivity index (χ3v) is 5.28. The summed E-state index contributed by atoms with van der Waals surface area (Å²) < 4.78 is 22.9. The van der Waals surface area contributed by atoms with Gasteiger partial charge in [-0.2, -0.15) is 0 Å². The topological polar surface area (TPSA) is 83.6 Å². The van der Waals surface area contributed by atoms with Crippen molar-refractivity contribution in [3.63, 3.8) is 0 Å². The molecule has 1 fully saturated rings. The second-order valence-corrected chi connectivity index (χ2v) is 7.46. The molecule has 7 heteroatoms. The van der Waals surface area contributed by atoms with Gasteiger partial charge in [-0.05, 0) is 30.7 Å². The van der Waals surface area contributed by atoms with Crippen LogP contribution in [-0.2, 0) is 14.6 Å². The van der Waals surface area contributed by atoms with Gasteiger partial charge in [0.2, 0.25) is 5.91 Å². The van der Waals surface area contributed by atoms with E-state index in [1.165, 1.54) is 11.8 Å². The predicted octanol–water partition coefficient (Wildman–Crippen LogP) is 0.904. The Kier molecular flexibility index (Phi) is 4.32. The van der Waals surface area contributed by atoms with Gasteiger partial charge in [0.1, 0.15) is 0 Å².